The summed E-state index contributed by atoms with van der Waals surface area (Å²) < 4.78 is 5.06. The second-order valence-electron chi connectivity index (χ2n) is 2.81. The summed E-state index contributed by atoms with van der Waals surface area (Å²) in [5.74, 6) is 5.12. The van der Waals surface area contributed by atoms with E-state index in [-0.39, 0.29) is 12.1 Å². The zero-order valence-corrected chi connectivity index (χ0v) is 8.28. The molecule has 0 aromatic heterocycles. The molecule has 2 nitrogen and oxygen atoms in total. The van der Waals surface area contributed by atoms with Gasteiger partial charge in [0.05, 0.1) is 5.56 Å². The third-order valence-corrected chi connectivity index (χ3v) is 1.64. The SMILES string of the molecule is CC#CC(C)OC(=O)c1ccccc1. The first-order valence-electron chi connectivity index (χ1n) is 4.42. The molecule has 0 heterocycles. The molecular formula is C12H12O2. The Kier molecular flexibility index (Phi) is 3.75. The van der Waals surface area contributed by atoms with Crippen LogP contribution in [0.5, 0.6) is 0 Å². The van der Waals surface area contributed by atoms with Gasteiger partial charge in [-0.05, 0) is 26.0 Å². The normalized spacial score (nSPS) is 11.0. The molecule has 0 N–H and O–H groups in total. The van der Waals surface area contributed by atoms with Crippen LogP contribution in [-0.4, -0.2) is 12.1 Å². The van der Waals surface area contributed by atoms with Crippen molar-refractivity contribution in [2.45, 2.75) is 20.0 Å². The van der Waals surface area contributed by atoms with Gasteiger partial charge in [-0.15, -0.1) is 5.92 Å². The van der Waals surface area contributed by atoms with Crippen LogP contribution in [-0.2, 0) is 4.74 Å². The maximum absolute atomic E-state index is 11.4. The van der Waals surface area contributed by atoms with E-state index in [4.69, 9.17) is 4.74 Å². The maximum Gasteiger partial charge on any atom is 0.339 e. The van der Waals surface area contributed by atoms with E-state index >= 15 is 0 Å². The van der Waals surface area contributed by atoms with Crippen molar-refractivity contribution in [2.75, 3.05) is 0 Å². The van der Waals surface area contributed by atoms with Crippen LogP contribution in [0.1, 0.15) is 24.2 Å². The smallest absolute Gasteiger partial charge is 0.339 e. The van der Waals surface area contributed by atoms with Gasteiger partial charge in [0.2, 0.25) is 0 Å². The highest BCUT2D eigenvalue weighted by Gasteiger charge is 2.08. The van der Waals surface area contributed by atoms with Crippen LogP contribution in [0.25, 0.3) is 0 Å². The minimum atomic E-state index is -0.354. The summed E-state index contributed by atoms with van der Waals surface area (Å²) in [5, 5.41) is 0. The fourth-order valence-corrected chi connectivity index (χ4v) is 1.04. The molecule has 1 unspecified atom stereocenters. The van der Waals surface area contributed by atoms with Crippen molar-refractivity contribution >= 4 is 5.97 Å². The fourth-order valence-electron chi connectivity index (χ4n) is 1.04. The van der Waals surface area contributed by atoms with E-state index in [0.717, 1.165) is 0 Å². The lowest BCUT2D eigenvalue weighted by molar-refractivity contribution is 0.0438. The van der Waals surface area contributed by atoms with Gasteiger partial charge in [0.1, 0.15) is 0 Å². The van der Waals surface area contributed by atoms with Gasteiger partial charge < -0.3 is 4.74 Å². The molecule has 0 saturated heterocycles. The highest BCUT2D eigenvalue weighted by molar-refractivity contribution is 5.89. The van der Waals surface area contributed by atoms with Crippen molar-refractivity contribution in [3.05, 3.63) is 35.9 Å². The molecule has 0 fully saturated rings. The quantitative estimate of drug-likeness (QED) is 0.525. The van der Waals surface area contributed by atoms with Crippen molar-refractivity contribution in [3.63, 3.8) is 0 Å². The van der Waals surface area contributed by atoms with E-state index in [0.29, 0.717) is 5.56 Å². The molecule has 0 radical (unpaired) electrons. The predicted octanol–water partition coefficient (Wildman–Crippen LogP) is 2.26. The molecule has 0 aliphatic heterocycles. The van der Waals surface area contributed by atoms with E-state index in [9.17, 15) is 4.79 Å². The van der Waals surface area contributed by atoms with Gasteiger partial charge in [-0.2, -0.15) is 0 Å². The Morgan fingerprint density at radius 2 is 2.00 bits per heavy atom. The molecule has 0 bridgehead atoms. The molecule has 1 rings (SSSR count). The van der Waals surface area contributed by atoms with Crippen LogP contribution >= 0.6 is 0 Å². The molecule has 72 valence electrons. The lowest BCUT2D eigenvalue weighted by atomic mass is 10.2. The van der Waals surface area contributed by atoms with E-state index < -0.39 is 0 Å². The minimum Gasteiger partial charge on any atom is -0.446 e. The molecule has 0 spiro atoms. The van der Waals surface area contributed by atoms with E-state index in [1.165, 1.54) is 0 Å². The summed E-state index contributed by atoms with van der Waals surface area (Å²) in [7, 11) is 0. The van der Waals surface area contributed by atoms with Crippen LogP contribution in [0.4, 0.5) is 0 Å². The summed E-state index contributed by atoms with van der Waals surface area (Å²) in [4.78, 5) is 11.4. The van der Waals surface area contributed by atoms with Crippen LogP contribution in [0.3, 0.4) is 0 Å². The van der Waals surface area contributed by atoms with Crippen LogP contribution in [0.2, 0.25) is 0 Å². The highest BCUT2D eigenvalue weighted by Crippen LogP contribution is 2.02. The van der Waals surface area contributed by atoms with Gasteiger partial charge in [0, 0.05) is 0 Å². The third-order valence-electron chi connectivity index (χ3n) is 1.64. The summed E-state index contributed by atoms with van der Waals surface area (Å²) in [5.41, 5.74) is 0.553. The van der Waals surface area contributed by atoms with Gasteiger partial charge in [-0.1, -0.05) is 24.1 Å². The standard InChI is InChI=1S/C12H12O2/c1-3-7-10(2)14-12(13)11-8-5-4-6-9-11/h4-6,8-10H,1-2H3. The predicted molar refractivity (Wildman–Crippen MR) is 54.8 cm³/mol. The summed E-state index contributed by atoms with van der Waals surface area (Å²) in [6.45, 7) is 3.46. The number of carbonyl (C=O) groups is 1. The lowest BCUT2D eigenvalue weighted by Crippen LogP contribution is -2.12. The second kappa shape index (κ2) is 5.08. The second-order valence-corrected chi connectivity index (χ2v) is 2.81. The first kappa shape index (κ1) is 10.3. The third kappa shape index (κ3) is 2.95. The number of hydrogen-bond donors (Lipinski definition) is 0. The molecule has 0 amide bonds. The Bertz CT molecular complexity index is 357. The zero-order chi connectivity index (χ0) is 10.4. The largest absolute Gasteiger partial charge is 0.446 e. The topological polar surface area (TPSA) is 26.3 Å². The number of benzene rings is 1. The lowest BCUT2D eigenvalue weighted by Gasteiger charge is -2.06. The number of hydrogen-bond acceptors (Lipinski definition) is 2. The highest BCUT2D eigenvalue weighted by atomic mass is 16.5. The molecule has 1 atom stereocenters. The summed E-state index contributed by atoms with van der Waals surface area (Å²) >= 11 is 0. The molecule has 14 heavy (non-hydrogen) atoms. The van der Waals surface area contributed by atoms with Gasteiger partial charge in [-0.25, -0.2) is 4.79 Å². The van der Waals surface area contributed by atoms with Crippen LogP contribution < -0.4 is 0 Å². The molecular weight excluding hydrogens is 176 g/mol. The van der Waals surface area contributed by atoms with Crippen molar-refractivity contribution in [1.82, 2.24) is 0 Å². The van der Waals surface area contributed by atoms with Crippen molar-refractivity contribution in [3.8, 4) is 11.8 Å². The Hall–Kier alpha value is -1.75. The molecule has 2 heteroatoms. The first-order valence-corrected chi connectivity index (χ1v) is 4.42. The molecule has 1 aromatic carbocycles. The minimum absolute atomic E-state index is 0.333. The molecule has 0 aliphatic carbocycles. The monoisotopic (exact) mass is 188 g/mol. The average molecular weight is 188 g/mol. The Labute approximate surface area is 83.9 Å². The molecule has 0 aliphatic rings. The molecule has 0 saturated carbocycles. The zero-order valence-electron chi connectivity index (χ0n) is 8.28. The van der Waals surface area contributed by atoms with E-state index in [1.54, 1.807) is 38.1 Å². The Morgan fingerprint density at radius 1 is 1.36 bits per heavy atom. The van der Waals surface area contributed by atoms with Gasteiger partial charge in [0.15, 0.2) is 6.10 Å². The van der Waals surface area contributed by atoms with Crippen LogP contribution in [0, 0.1) is 11.8 Å². The Balaban J connectivity index is 2.62. The van der Waals surface area contributed by atoms with Crippen molar-refractivity contribution < 1.29 is 9.53 Å². The van der Waals surface area contributed by atoms with Gasteiger partial charge in [-0.3, -0.25) is 0 Å². The first-order chi connectivity index (χ1) is 6.74. The number of carbonyl (C=O) groups excluding carboxylic acids is 1. The van der Waals surface area contributed by atoms with Crippen LogP contribution in [0.15, 0.2) is 30.3 Å². The van der Waals surface area contributed by atoms with Gasteiger partial charge >= 0.3 is 5.97 Å². The average Bonchev–Trinajstić information content (AvgIpc) is 2.19. The molecule has 1 aromatic rings. The summed E-state index contributed by atoms with van der Waals surface area (Å²) in [6, 6.07) is 8.88. The van der Waals surface area contributed by atoms with Gasteiger partial charge in [0.25, 0.3) is 0 Å². The van der Waals surface area contributed by atoms with E-state index in [1.807, 2.05) is 6.07 Å². The van der Waals surface area contributed by atoms with E-state index in [2.05, 4.69) is 11.8 Å². The maximum atomic E-state index is 11.4. The van der Waals surface area contributed by atoms with Crippen molar-refractivity contribution in [2.24, 2.45) is 0 Å². The number of ether oxygens (including phenoxy) is 1. The fraction of sp³-hybridized carbons (Fsp3) is 0.250. The summed E-state index contributed by atoms with van der Waals surface area (Å²) in [6.07, 6.45) is -0.354. The van der Waals surface area contributed by atoms with Crippen molar-refractivity contribution in [1.29, 1.82) is 0 Å². The Morgan fingerprint density at radius 3 is 2.57 bits per heavy atom. The number of esters is 1. The number of rotatable bonds is 2.